The molecule has 1 aliphatic rings. The molecule has 0 atom stereocenters. The van der Waals surface area contributed by atoms with Gasteiger partial charge < -0.3 is 10.6 Å². The standard InChI is InChI=1S/C16H24N2O/c1-13-5-4-6-14(11-13)12-18(16(19)9-10-17)15-7-2-3-8-15/h4-6,11,15H,2-3,7-10,12,17H2,1H3. The molecule has 3 nitrogen and oxygen atoms in total. The number of nitrogens with zero attached hydrogens (tertiary/aromatic N) is 1. The molecule has 104 valence electrons. The van der Waals surface area contributed by atoms with Gasteiger partial charge in [-0.1, -0.05) is 42.7 Å². The second-order valence-electron chi connectivity index (χ2n) is 5.49. The molecule has 0 aliphatic heterocycles. The second kappa shape index (κ2) is 6.71. The SMILES string of the molecule is Cc1cccc(CN(C(=O)CCN)C2CCCC2)c1. The molecule has 3 heteroatoms. The molecule has 0 spiro atoms. The molecule has 1 aromatic rings. The van der Waals surface area contributed by atoms with Gasteiger partial charge in [-0.25, -0.2) is 0 Å². The summed E-state index contributed by atoms with van der Waals surface area (Å²) in [5, 5.41) is 0. The quantitative estimate of drug-likeness (QED) is 0.884. The molecule has 0 unspecified atom stereocenters. The number of carbonyl (C=O) groups is 1. The van der Waals surface area contributed by atoms with Gasteiger partial charge in [-0.05, 0) is 25.3 Å². The number of hydrogen-bond donors (Lipinski definition) is 1. The molecule has 0 heterocycles. The fourth-order valence-electron chi connectivity index (χ4n) is 2.91. The maximum Gasteiger partial charge on any atom is 0.224 e. The van der Waals surface area contributed by atoms with Crippen LogP contribution in [0.15, 0.2) is 24.3 Å². The number of rotatable bonds is 5. The Morgan fingerprint density at radius 2 is 2.11 bits per heavy atom. The molecule has 0 radical (unpaired) electrons. The third-order valence-corrected chi connectivity index (χ3v) is 3.88. The van der Waals surface area contributed by atoms with E-state index in [0.29, 0.717) is 19.0 Å². The minimum absolute atomic E-state index is 0.205. The zero-order valence-corrected chi connectivity index (χ0v) is 11.8. The summed E-state index contributed by atoms with van der Waals surface area (Å²) in [7, 11) is 0. The number of nitrogens with two attached hydrogens (primary N) is 1. The summed E-state index contributed by atoms with van der Waals surface area (Å²) in [6, 6.07) is 8.83. The number of hydrogen-bond acceptors (Lipinski definition) is 2. The first-order chi connectivity index (χ1) is 9.20. The first-order valence-electron chi connectivity index (χ1n) is 7.26. The Labute approximate surface area is 115 Å². The summed E-state index contributed by atoms with van der Waals surface area (Å²) in [4.78, 5) is 14.3. The fraction of sp³-hybridized carbons (Fsp3) is 0.562. The molecular weight excluding hydrogens is 236 g/mol. The van der Waals surface area contributed by atoms with Crippen molar-refractivity contribution in [1.82, 2.24) is 4.90 Å². The van der Waals surface area contributed by atoms with E-state index in [4.69, 9.17) is 5.73 Å². The average molecular weight is 260 g/mol. The van der Waals surface area contributed by atoms with E-state index in [1.165, 1.54) is 24.0 Å². The topological polar surface area (TPSA) is 46.3 Å². The van der Waals surface area contributed by atoms with Gasteiger partial charge in [0.15, 0.2) is 0 Å². The Bertz CT molecular complexity index is 425. The predicted octanol–water partition coefficient (Wildman–Crippen LogP) is 2.62. The van der Waals surface area contributed by atoms with Gasteiger partial charge in [0, 0.05) is 25.6 Å². The Kier molecular flexibility index (Phi) is 4.97. The first kappa shape index (κ1) is 14.1. The molecule has 1 amide bonds. The Morgan fingerprint density at radius 1 is 1.37 bits per heavy atom. The van der Waals surface area contributed by atoms with Gasteiger partial charge in [-0.3, -0.25) is 4.79 Å². The maximum absolute atomic E-state index is 12.3. The summed E-state index contributed by atoms with van der Waals surface area (Å²) in [5.74, 6) is 0.205. The van der Waals surface area contributed by atoms with E-state index >= 15 is 0 Å². The zero-order chi connectivity index (χ0) is 13.7. The smallest absolute Gasteiger partial charge is 0.224 e. The highest BCUT2D eigenvalue weighted by atomic mass is 16.2. The van der Waals surface area contributed by atoms with Crippen LogP contribution in [0.5, 0.6) is 0 Å². The number of carbonyl (C=O) groups excluding carboxylic acids is 1. The van der Waals surface area contributed by atoms with Crippen molar-refractivity contribution in [1.29, 1.82) is 0 Å². The Balaban J connectivity index is 2.10. The summed E-state index contributed by atoms with van der Waals surface area (Å²) in [6.45, 7) is 3.26. The van der Waals surface area contributed by atoms with Crippen molar-refractivity contribution >= 4 is 5.91 Å². The van der Waals surface area contributed by atoms with E-state index in [0.717, 1.165) is 19.4 Å². The van der Waals surface area contributed by atoms with E-state index in [2.05, 4.69) is 36.1 Å². The van der Waals surface area contributed by atoms with Crippen molar-refractivity contribution in [2.45, 2.75) is 51.6 Å². The third-order valence-electron chi connectivity index (χ3n) is 3.88. The van der Waals surface area contributed by atoms with Crippen LogP contribution in [0.2, 0.25) is 0 Å². The van der Waals surface area contributed by atoms with Crippen molar-refractivity contribution < 1.29 is 4.79 Å². The van der Waals surface area contributed by atoms with Crippen LogP contribution in [0.3, 0.4) is 0 Å². The van der Waals surface area contributed by atoms with E-state index in [9.17, 15) is 4.79 Å². The van der Waals surface area contributed by atoms with Gasteiger partial charge in [0.2, 0.25) is 5.91 Å². The molecule has 2 rings (SSSR count). The van der Waals surface area contributed by atoms with Crippen LogP contribution < -0.4 is 5.73 Å². The number of amides is 1. The van der Waals surface area contributed by atoms with Crippen LogP contribution in [0.25, 0.3) is 0 Å². The predicted molar refractivity (Wildman–Crippen MR) is 77.7 cm³/mol. The highest BCUT2D eigenvalue weighted by Crippen LogP contribution is 2.25. The first-order valence-corrected chi connectivity index (χ1v) is 7.26. The average Bonchev–Trinajstić information content (AvgIpc) is 2.90. The third kappa shape index (κ3) is 3.80. The van der Waals surface area contributed by atoms with Gasteiger partial charge in [0.05, 0.1) is 0 Å². The monoisotopic (exact) mass is 260 g/mol. The largest absolute Gasteiger partial charge is 0.335 e. The lowest BCUT2D eigenvalue weighted by atomic mass is 10.1. The minimum atomic E-state index is 0.205. The van der Waals surface area contributed by atoms with Crippen LogP contribution in [0.1, 0.15) is 43.2 Å². The maximum atomic E-state index is 12.3. The van der Waals surface area contributed by atoms with Crippen LogP contribution in [0, 0.1) is 6.92 Å². The van der Waals surface area contributed by atoms with E-state index in [1.807, 2.05) is 0 Å². The minimum Gasteiger partial charge on any atom is -0.335 e. The lowest BCUT2D eigenvalue weighted by Crippen LogP contribution is -2.39. The van der Waals surface area contributed by atoms with Gasteiger partial charge in [-0.15, -0.1) is 0 Å². The van der Waals surface area contributed by atoms with Gasteiger partial charge >= 0.3 is 0 Å². The molecule has 19 heavy (non-hydrogen) atoms. The molecule has 0 bridgehead atoms. The van der Waals surface area contributed by atoms with E-state index < -0.39 is 0 Å². The van der Waals surface area contributed by atoms with Crippen LogP contribution in [0.4, 0.5) is 0 Å². The van der Waals surface area contributed by atoms with Crippen molar-refractivity contribution in [3.8, 4) is 0 Å². The zero-order valence-electron chi connectivity index (χ0n) is 11.8. The van der Waals surface area contributed by atoms with Crippen molar-refractivity contribution in [2.75, 3.05) is 6.54 Å². The van der Waals surface area contributed by atoms with Gasteiger partial charge in [0.25, 0.3) is 0 Å². The summed E-state index contributed by atoms with van der Waals surface area (Å²) >= 11 is 0. The van der Waals surface area contributed by atoms with E-state index in [-0.39, 0.29) is 5.91 Å². The molecule has 0 aromatic heterocycles. The Hall–Kier alpha value is -1.35. The van der Waals surface area contributed by atoms with Crippen LogP contribution >= 0.6 is 0 Å². The molecule has 1 aromatic carbocycles. The highest BCUT2D eigenvalue weighted by molar-refractivity contribution is 5.76. The van der Waals surface area contributed by atoms with Crippen LogP contribution in [-0.4, -0.2) is 23.4 Å². The Morgan fingerprint density at radius 3 is 2.74 bits per heavy atom. The summed E-state index contributed by atoms with van der Waals surface area (Å²) in [5.41, 5.74) is 8.00. The summed E-state index contributed by atoms with van der Waals surface area (Å²) < 4.78 is 0. The van der Waals surface area contributed by atoms with Crippen molar-refractivity contribution in [2.24, 2.45) is 5.73 Å². The molecule has 0 saturated heterocycles. The van der Waals surface area contributed by atoms with E-state index in [1.54, 1.807) is 0 Å². The van der Waals surface area contributed by atoms with Crippen molar-refractivity contribution in [3.05, 3.63) is 35.4 Å². The second-order valence-corrected chi connectivity index (χ2v) is 5.49. The lowest BCUT2D eigenvalue weighted by molar-refractivity contribution is -0.133. The number of benzene rings is 1. The van der Waals surface area contributed by atoms with Crippen molar-refractivity contribution in [3.63, 3.8) is 0 Å². The molecule has 2 N–H and O–H groups in total. The molecule has 1 fully saturated rings. The highest BCUT2D eigenvalue weighted by Gasteiger charge is 2.26. The fourth-order valence-corrected chi connectivity index (χ4v) is 2.91. The van der Waals surface area contributed by atoms with Gasteiger partial charge in [-0.2, -0.15) is 0 Å². The van der Waals surface area contributed by atoms with Gasteiger partial charge in [0.1, 0.15) is 0 Å². The van der Waals surface area contributed by atoms with Crippen LogP contribution in [-0.2, 0) is 11.3 Å². The summed E-state index contributed by atoms with van der Waals surface area (Å²) in [6.07, 6.45) is 5.22. The molecular formula is C16H24N2O. The molecule has 1 aliphatic carbocycles. The number of aryl methyl sites for hydroxylation is 1. The lowest BCUT2D eigenvalue weighted by Gasteiger charge is -2.29. The normalized spacial score (nSPS) is 15.7. The molecule has 1 saturated carbocycles.